The van der Waals surface area contributed by atoms with Crippen LogP contribution in [0, 0.1) is 0 Å². The molecule has 1 aromatic heterocycles. The maximum absolute atomic E-state index is 13.1. The molecule has 7 nitrogen and oxygen atoms in total. The molecule has 2 aliphatic rings. The molecule has 0 N–H and O–H groups in total. The van der Waals surface area contributed by atoms with Crippen molar-refractivity contribution >= 4 is 21.1 Å². The topological polar surface area (TPSA) is 67.7 Å². The minimum atomic E-state index is -3.52. The molecule has 0 bridgehead atoms. The molecule has 1 saturated carbocycles. The highest BCUT2D eigenvalue weighted by atomic mass is 32.2. The average Bonchev–Trinajstić information content (AvgIpc) is 3.11. The van der Waals surface area contributed by atoms with E-state index >= 15 is 0 Å². The molecule has 0 amide bonds. The lowest BCUT2D eigenvalue weighted by Gasteiger charge is -2.31. The highest BCUT2D eigenvalue weighted by molar-refractivity contribution is 7.89. The number of morpholine rings is 1. The van der Waals surface area contributed by atoms with Crippen LogP contribution >= 0.6 is 0 Å². The Labute approximate surface area is 180 Å². The van der Waals surface area contributed by atoms with Crippen LogP contribution in [0.2, 0.25) is 0 Å². The van der Waals surface area contributed by atoms with Crippen molar-refractivity contribution in [3.05, 3.63) is 24.0 Å². The van der Waals surface area contributed by atoms with Gasteiger partial charge in [0, 0.05) is 25.7 Å². The Balaban J connectivity index is 1.63. The number of imidazole rings is 1. The minimum Gasteiger partial charge on any atom is -0.379 e. The fourth-order valence-electron chi connectivity index (χ4n) is 4.72. The van der Waals surface area contributed by atoms with Gasteiger partial charge in [0.15, 0.2) is 0 Å². The lowest BCUT2D eigenvalue weighted by molar-refractivity contribution is 0.0730. The van der Waals surface area contributed by atoms with Crippen LogP contribution in [0.1, 0.15) is 51.3 Å². The highest BCUT2D eigenvalue weighted by Crippen LogP contribution is 2.26. The number of nitrogens with zero attached hydrogens (tertiary/aromatic N) is 4. The van der Waals surface area contributed by atoms with Gasteiger partial charge in [-0.2, -0.15) is 4.31 Å². The third-order valence-electron chi connectivity index (χ3n) is 6.44. The van der Waals surface area contributed by atoms with E-state index < -0.39 is 10.0 Å². The van der Waals surface area contributed by atoms with E-state index in [-0.39, 0.29) is 0 Å². The van der Waals surface area contributed by atoms with E-state index in [1.807, 2.05) is 6.07 Å². The first kappa shape index (κ1) is 21.7. The first-order chi connectivity index (χ1) is 14.5. The monoisotopic (exact) mass is 434 g/mol. The second-order valence-corrected chi connectivity index (χ2v) is 10.5. The number of hydrogen-bond donors (Lipinski definition) is 0. The van der Waals surface area contributed by atoms with Crippen LogP contribution in [0.3, 0.4) is 0 Å². The van der Waals surface area contributed by atoms with Crippen molar-refractivity contribution in [2.75, 3.05) is 33.4 Å². The zero-order valence-electron chi connectivity index (χ0n) is 18.2. The summed E-state index contributed by atoms with van der Waals surface area (Å²) < 4.78 is 35.2. The SMILES string of the molecule is CCCn1c(CN(C)C2CCCCC2)nc2cc(S(=O)(=O)N3CCOCC3)ccc21. The summed E-state index contributed by atoms with van der Waals surface area (Å²) in [5.41, 5.74) is 1.79. The summed E-state index contributed by atoms with van der Waals surface area (Å²) in [5, 5.41) is 0. The van der Waals surface area contributed by atoms with Crippen molar-refractivity contribution in [2.24, 2.45) is 0 Å². The largest absolute Gasteiger partial charge is 0.379 e. The zero-order chi connectivity index (χ0) is 21.1. The summed E-state index contributed by atoms with van der Waals surface area (Å²) >= 11 is 0. The summed E-state index contributed by atoms with van der Waals surface area (Å²) in [7, 11) is -1.32. The van der Waals surface area contributed by atoms with Crippen molar-refractivity contribution in [2.45, 2.75) is 69.5 Å². The number of ether oxygens (including phenoxy) is 1. The first-order valence-corrected chi connectivity index (χ1v) is 12.7. The molecule has 2 aromatic rings. The van der Waals surface area contributed by atoms with Crippen LogP contribution in [-0.4, -0.2) is 66.6 Å². The number of aryl methyl sites for hydroxylation is 1. The lowest BCUT2D eigenvalue weighted by Crippen LogP contribution is -2.40. The second-order valence-electron chi connectivity index (χ2n) is 8.55. The van der Waals surface area contributed by atoms with Gasteiger partial charge in [0.05, 0.1) is 35.7 Å². The van der Waals surface area contributed by atoms with Gasteiger partial charge in [-0.1, -0.05) is 26.2 Å². The van der Waals surface area contributed by atoms with Gasteiger partial charge in [-0.25, -0.2) is 13.4 Å². The minimum absolute atomic E-state index is 0.324. The van der Waals surface area contributed by atoms with Crippen molar-refractivity contribution in [3.8, 4) is 0 Å². The number of benzene rings is 1. The molecule has 2 heterocycles. The Bertz CT molecular complexity index is 960. The third-order valence-corrected chi connectivity index (χ3v) is 8.34. The van der Waals surface area contributed by atoms with Crippen LogP contribution in [-0.2, 0) is 27.8 Å². The normalized spacial score (nSPS) is 19.7. The smallest absolute Gasteiger partial charge is 0.243 e. The van der Waals surface area contributed by atoms with Gasteiger partial charge in [-0.15, -0.1) is 0 Å². The molecule has 0 spiro atoms. The predicted octanol–water partition coefficient (Wildman–Crippen LogP) is 3.23. The van der Waals surface area contributed by atoms with E-state index in [2.05, 4.69) is 23.4 Å². The molecule has 2 fully saturated rings. The van der Waals surface area contributed by atoms with Gasteiger partial charge in [0.2, 0.25) is 10.0 Å². The van der Waals surface area contributed by atoms with Gasteiger partial charge in [-0.3, -0.25) is 4.90 Å². The summed E-state index contributed by atoms with van der Waals surface area (Å²) in [6.45, 7) is 5.56. The number of fused-ring (bicyclic) bond motifs is 1. The standard InChI is InChI=1S/C22H34N4O3S/c1-3-11-26-21-10-9-19(30(27,28)25-12-14-29-15-13-25)16-20(21)23-22(26)17-24(2)18-7-5-4-6-8-18/h9-10,16,18H,3-8,11-15,17H2,1-2H3. The molecular formula is C22H34N4O3S. The highest BCUT2D eigenvalue weighted by Gasteiger charge is 2.27. The molecule has 0 atom stereocenters. The van der Waals surface area contributed by atoms with Gasteiger partial charge < -0.3 is 9.30 Å². The molecule has 1 aliphatic heterocycles. The maximum atomic E-state index is 13.1. The van der Waals surface area contributed by atoms with E-state index in [0.29, 0.717) is 37.2 Å². The molecular weight excluding hydrogens is 400 g/mol. The summed E-state index contributed by atoms with van der Waals surface area (Å²) in [6, 6.07) is 6.02. The second kappa shape index (κ2) is 9.34. The first-order valence-electron chi connectivity index (χ1n) is 11.3. The molecule has 0 unspecified atom stereocenters. The van der Waals surface area contributed by atoms with Gasteiger partial charge in [0.25, 0.3) is 0 Å². The van der Waals surface area contributed by atoms with E-state index in [0.717, 1.165) is 36.4 Å². The van der Waals surface area contributed by atoms with Crippen LogP contribution in [0.5, 0.6) is 0 Å². The summed E-state index contributed by atoms with van der Waals surface area (Å²) in [6.07, 6.45) is 7.49. The molecule has 8 heteroatoms. The third kappa shape index (κ3) is 4.42. The van der Waals surface area contributed by atoms with Crippen molar-refractivity contribution in [1.82, 2.24) is 18.8 Å². The van der Waals surface area contributed by atoms with Crippen molar-refractivity contribution < 1.29 is 13.2 Å². The molecule has 0 radical (unpaired) electrons. The van der Waals surface area contributed by atoms with E-state index in [1.54, 1.807) is 12.1 Å². The number of rotatable bonds is 7. The molecule has 1 aliphatic carbocycles. The van der Waals surface area contributed by atoms with Crippen LogP contribution in [0.25, 0.3) is 11.0 Å². The number of sulfonamides is 1. The zero-order valence-corrected chi connectivity index (χ0v) is 19.0. The lowest BCUT2D eigenvalue weighted by atomic mass is 9.94. The van der Waals surface area contributed by atoms with E-state index in [1.165, 1.54) is 36.4 Å². The Morgan fingerprint density at radius 2 is 1.90 bits per heavy atom. The van der Waals surface area contributed by atoms with Crippen LogP contribution in [0.15, 0.2) is 23.1 Å². The molecule has 1 aromatic carbocycles. The average molecular weight is 435 g/mol. The Hall–Kier alpha value is -1.48. The fourth-order valence-corrected chi connectivity index (χ4v) is 6.15. The van der Waals surface area contributed by atoms with Crippen molar-refractivity contribution in [3.63, 3.8) is 0 Å². The molecule has 4 rings (SSSR count). The fraction of sp³-hybridized carbons (Fsp3) is 0.682. The molecule has 30 heavy (non-hydrogen) atoms. The van der Waals surface area contributed by atoms with Gasteiger partial charge in [-0.05, 0) is 44.5 Å². The quantitative estimate of drug-likeness (QED) is 0.669. The van der Waals surface area contributed by atoms with Crippen molar-refractivity contribution in [1.29, 1.82) is 0 Å². The summed E-state index contributed by atoms with van der Waals surface area (Å²) in [4.78, 5) is 7.65. The van der Waals surface area contributed by atoms with Crippen LogP contribution < -0.4 is 0 Å². The predicted molar refractivity (Wildman–Crippen MR) is 118 cm³/mol. The summed E-state index contributed by atoms with van der Waals surface area (Å²) in [5.74, 6) is 1.03. The van der Waals surface area contributed by atoms with E-state index in [4.69, 9.17) is 9.72 Å². The maximum Gasteiger partial charge on any atom is 0.243 e. The molecule has 1 saturated heterocycles. The molecule has 166 valence electrons. The number of aromatic nitrogens is 2. The van der Waals surface area contributed by atoms with Gasteiger partial charge >= 0.3 is 0 Å². The Morgan fingerprint density at radius 3 is 2.60 bits per heavy atom. The number of hydrogen-bond acceptors (Lipinski definition) is 5. The Morgan fingerprint density at radius 1 is 1.17 bits per heavy atom. The van der Waals surface area contributed by atoms with Crippen LogP contribution in [0.4, 0.5) is 0 Å². The van der Waals surface area contributed by atoms with Gasteiger partial charge in [0.1, 0.15) is 5.82 Å². The van der Waals surface area contributed by atoms with E-state index in [9.17, 15) is 8.42 Å². The Kier molecular flexibility index (Phi) is 6.77.